The number of H-pyrrole nitrogens is 1. The maximum Gasteiger partial charge on any atom is 0.132 e. The van der Waals surface area contributed by atoms with Crippen LogP contribution in [0, 0.1) is 5.82 Å². The van der Waals surface area contributed by atoms with Gasteiger partial charge >= 0.3 is 0 Å². The molecule has 4 heteroatoms. The molecule has 0 atom stereocenters. The van der Waals surface area contributed by atoms with Crippen LogP contribution in [0.5, 0.6) is 5.75 Å². The van der Waals surface area contributed by atoms with Crippen molar-refractivity contribution in [3.8, 4) is 28.3 Å². The number of phenols is 1. The minimum atomic E-state index is -0.304. The van der Waals surface area contributed by atoms with Gasteiger partial charge in [-0.05, 0) is 42.3 Å². The summed E-state index contributed by atoms with van der Waals surface area (Å²) in [6.07, 6.45) is 1.98. The Hall–Kier alpha value is -2.62. The molecule has 3 nitrogen and oxygen atoms in total. The van der Waals surface area contributed by atoms with Crippen LogP contribution in [0.4, 0.5) is 4.39 Å². The quantitative estimate of drug-likeness (QED) is 0.742. The topological polar surface area (TPSA) is 48.9 Å². The van der Waals surface area contributed by atoms with E-state index in [4.69, 9.17) is 0 Å². The van der Waals surface area contributed by atoms with E-state index in [0.717, 1.165) is 18.4 Å². The second kappa shape index (κ2) is 6.02. The van der Waals surface area contributed by atoms with Crippen LogP contribution < -0.4 is 0 Å². The molecular weight excluding hydrogens is 279 g/mol. The van der Waals surface area contributed by atoms with Crippen LogP contribution in [-0.2, 0) is 6.42 Å². The number of aryl methyl sites for hydroxylation is 1. The summed E-state index contributed by atoms with van der Waals surface area (Å²) in [7, 11) is 0. The van der Waals surface area contributed by atoms with Crippen molar-refractivity contribution in [2.75, 3.05) is 0 Å². The van der Waals surface area contributed by atoms with Gasteiger partial charge < -0.3 is 5.11 Å². The predicted molar refractivity (Wildman–Crippen MR) is 85.1 cm³/mol. The van der Waals surface area contributed by atoms with Crippen LogP contribution in [0.25, 0.3) is 22.5 Å². The van der Waals surface area contributed by atoms with Gasteiger partial charge in [0.15, 0.2) is 0 Å². The second-order valence-corrected chi connectivity index (χ2v) is 5.25. The van der Waals surface area contributed by atoms with Crippen LogP contribution in [0.3, 0.4) is 0 Å². The Bertz CT molecular complexity index is 795. The average Bonchev–Trinajstić information content (AvgIpc) is 2.99. The van der Waals surface area contributed by atoms with Crippen molar-refractivity contribution in [2.45, 2.75) is 19.8 Å². The monoisotopic (exact) mass is 296 g/mol. The summed E-state index contributed by atoms with van der Waals surface area (Å²) < 4.78 is 13.8. The highest BCUT2D eigenvalue weighted by Gasteiger charge is 2.12. The van der Waals surface area contributed by atoms with E-state index in [1.165, 1.54) is 6.07 Å². The number of nitrogens with one attached hydrogen (secondary N) is 1. The molecule has 0 saturated carbocycles. The highest BCUT2D eigenvalue weighted by molar-refractivity contribution is 5.72. The molecule has 22 heavy (non-hydrogen) atoms. The Morgan fingerprint density at radius 3 is 2.68 bits per heavy atom. The lowest BCUT2D eigenvalue weighted by Crippen LogP contribution is -1.86. The molecule has 2 N–H and O–H groups in total. The number of aromatic hydroxyl groups is 1. The number of hydrogen-bond donors (Lipinski definition) is 2. The van der Waals surface area contributed by atoms with Crippen molar-refractivity contribution < 1.29 is 9.50 Å². The van der Waals surface area contributed by atoms with Gasteiger partial charge in [0.05, 0.1) is 11.4 Å². The zero-order valence-corrected chi connectivity index (χ0v) is 12.3. The number of aromatic amines is 1. The fraction of sp³-hybridized carbons (Fsp3) is 0.167. The molecule has 112 valence electrons. The Balaban J connectivity index is 2.01. The highest BCUT2D eigenvalue weighted by atomic mass is 19.1. The number of nitrogens with zero attached hydrogens (tertiary/aromatic N) is 1. The largest absolute Gasteiger partial charge is 0.507 e. The molecule has 0 aliphatic heterocycles. The number of rotatable bonds is 4. The van der Waals surface area contributed by atoms with Gasteiger partial charge in [-0.1, -0.05) is 31.5 Å². The molecule has 0 unspecified atom stereocenters. The van der Waals surface area contributed by atoms with Gasteiger partial charge in [0.1, 0.15) is 11.6 Å². The lowest BCUT2D eigenvalue weighted by Gasteiger charge is -2.04. The molecule has 2 aromatic carbocycles. The molecule has 0 aliphatic rings. The molecule has 3 rings (SSSR count). The van der Waals surface area contributed by atoms with Crippen LogP contribution in [0.15, 0.2) is 48.5 Å². The third-order valence-electron chi connectivity index (χ3n) is 3.62. The summed E-state index contributed by atoms with van der Waals surface area (Å²) in [5.41, 5.74) is 3.46. The first-order valence-corrected chi connectivity index (χ1v) is 7.31. The van der Waals surface area contributed by atoms with Crippen molar-refractivity contribution in [3.63, 3.8) is 0 Å². The maximum atomic E-state index is 13.8. The first-order chi connectivity index (χ1) is 10.7. The minimum Gasteiger partial charge on any atom is -0.507 e. The van der Waals surface area contributed by atoms with Gasteiger partial charge in [0.2, 0.25) is 0 Å². The molecule has 0 amide bonds. The van der Waals surface area contributed by atoms with Crippen molar-refractivity contribution in [3.05, 3.63) is 59.9 Å². The standard InChI is InChI=1S/C18H17FN2O/c1-2-5-12-8-9-18(22)14(10-12)17-11-16(20-21-17)13-6-3-4-7-15(13)19/h3-4,6-11,22H,2,5H2,1H3,(H,20,21). The third kappa shape index (κ3) is 2.72. The summed E-state index contributed by atoms with van der Waals surface area (Å²) in [6.45, 7) is 2.11. The van der Waals surface area contributed by atoms with Gasteiger partial charge in [-0.2, -0.15) is 5.10 Å². The summed E-state index contributed by atoms with van der Waals surface area (Å²) in [4.78, 5) is 0. The van der Waals surface area contributed by atoms with Crippen molar-refractivity contribution in [2.24, 2.45) is 0 Å². The fourth-order valence-electron chi connectivity index (χ4n) is 2.51. The lowest BCUT2D eigenvalue weighted by atomic mass is 10.0. The number of benzene rings is 2. The van der Waals surface area contributed by atoms with Gasteiger partial charge in [-0.3, -0.25) is 5.10 Å². The lowest BCUT2D eigenvalue weighted by molar-refractivity contribution is 0.477. The summed E-state index contributed by atoms with van der Waals surface area (Å²) in [6, 6.07) is 13.8. The van der Waals surface area contributed by atoms with E-state index in [9.17, 15) is 9.50 Å². The maximum absolute atomic E-state index is 13.8. The first kappa shape index (κ1) is 14.3. The minimum absolute atomic E-state index is 0.173. The number of phenolic OH excluding ortho intramolecular Hbond substituents is 1. The third-order valence-corrected chi connectivity index (χ3v) is 3.62. The van der Waals surface area contributed by atoms with Crippen molar-refractivity contribution in [1.82, 2.24) is 10.2 Å². The van der Waals surface area contributed by atoms with E-state index in [1.54, 1.807) is 30.3 Å². The van der Waals surface area contributed by atoms with E-state index in [-0.39, 0.29) is 11.6 Å². The van der Waals surface area contributed by atoms with Gasteiger partial charge in [-0.15, -0.1) is 0 Å². The Kier molecular flexibility index (Phi) is 3.92. The van der Waals surface area contributed by atoms with E-state index in [1.807, 2.05) is 12.1 Å². The van der Waals surface area contributed by atoms with Crippen molar-refractivity contribution >= 4 is 0 Å². The van der Waals surface area contributed by atoms with E-state index < -0.39 is 0 Å². The van der Waals surface area contributed by atoms with E-state index in [0.29, 0.717) is 22.5 Å². The Morgan fingerprint density at radius 1 is 1.09 bits per heavy atom. The zero-order valence-electron chi connectivity index (χ0n) is 12.3. The van der Waals surface area contributed by atoms with Crippen LogP contribution in [0.1, 0.15) is 18.9 Å². The molecule has 1 aromatic heterocycles. The Morgan fingerprint density at radius 2 is 1.91 bits per heavy atom. The fourth-order valence-corrected chi connectivity index (χ4v) is 2.51. The SMILES string of the molecule is CCCc1ccc(O)c(-c2cc(-c3ccccc3F)[nH]n2)c1. The molecule has 0 spiro atoms. The normalized spacial score (nSPS) is 10.8. The van der Waals surface area contributed by atoms with Gasteiger partial charge in [0, 0.05) is 11.1 Å². The number of hydrogen-bond acceptors (Lipinski definition) is 2. The van der Waals surface area contributed by atoms with E-state index >= 15 is 0 Å². The Labute approximate surface area is 128 Å². The average molecular weight is 296 g/mol. The van der Waals surface area contributed by atoms with Crippen LogP contribution in [0.2, 0.25) is 0 Å². The highest BCUT2D eigenvalue weighted by Crippen LogP contribution is 2.32. The molecular formula is C18H17FN2O. The molecule has 1 heterocycles. The predicted octanol–water partition coefficient (Wildman–Crippen LogP) is 4.54. The zero-order chi connectivity index (χ0) is 15.5. The summed E-state index contributed by atoms with van der Waals surface area (Å²) in [5, 5.41) is 17.1. The molecule has 0 bridgehead atoms. The van der Waals surface area contributed by atoms with Gasteiger partial charge in [-0.25, -0.2) is 4.39 Å². The van der Waals surface area contributed by atoms with Crippen LogP contribution in [-0.4, -0.2) is 15.3 Å². The number of aromatic nitrogens is 2. The smallest absolute Gasteiger partial charge is 0.132 e. The molecule has 0 fully saturated rings. The summed E-state index contributed by atoms with van der Waals surface area (Å²) in [5.74, 6) is -0.131. The molecule has 0 radical (unpaired) electrons. The molecule has 3 aromatic rings. The van der Waals surface area contributed by atoms with Crippen LogP contribution >= 0.6 is 0 Å². The summed E-state index contributed by atoms with van der Waals surface area (Å²) >= 11 is 0. The number of halogens is 1. The molecule has 0 aliphatic carbocycles. The van der Waals surface area contributed by atoms with Crippen molar-refractivity contribution in [1.29, 1.82) is 0 Å². The first-order valence-electron chi connectivity index (χ1n) is 7.31. The second-order valence-electron chi connectivity index (χ2n) is 5.25. The van der Waals surface area contributed by atoms with Gasteiger partial charge in [0.25, 0.3) is 0 Å². The molecule has 0 saturated heterocycles. The van der Waals surface area contributed by atoms with E-state index in [2.05, 4.69) is 17.1 Å².